The van der Waals surface area contributed by atoms with Crippen molar-refractivity contribution in [3.8, 4) is 11.5 Å². The molecule has 2 unspecified atom stereocenters. The second-order valence-electron chi connectivity index (χ2n) is 7.31. The minimum Gasteiger partial charge on any atom is -0.478 e. The first-order chi connectivity index (χ1) is 12.5. The SMILES string of the molecule is CC(Cl)CN1COc2ccc3ccc4c(c3c2C1)CN(CC(C)Cl)CO4. The Kier molecular flexibility index (Phi) is 5.20. The lowest BCUT2D eigenvalue weighted by atomic mass is 9.95. The zero-order valence-electron chi connectivity index (χ0n) is 15.2. The number of alkyl halides is 2. The smallest absolute Gasteiger partial charge is 0.142 e. The Morgan fingerprint density at radius 2 is 1.31 bits per heavy atom. The first-order valence-electron chi connectivity index (χ1n) is 9.07. The standard InChI is InChI=1S/C20H24Cl2N2O2/c1-13(21)7-23-9-16-18(25-11-23)5-3-15-4-6-19-17(20(15)16)10-24(12-26-19)8-14(2)22/h3-6,13-14H,7-12H2,1-2H3. The number of benzene rings is 2. The van der Waals surface area contributed by atoms with Gasteiger partial charge in [-0.2, -0.15) is 0 Å². The van der Waals surface area contributed by atoms with Gasteiger partial charge in [0.1, 0.15) is 25.0 Å². The van der Waals surface area contributed by atoms with E-state index < -0.39 is 0 Å². The molecule has 6 heteroatoms. The highest BCUT2D eigenvalue weighted by Crippen LogP contribution is 2.39. The summed E-state index contributed by atoms with van der Waals surface area (Å²) in [6, 6.07) is 8.43. The quantitative estimate of drug-likeness (QED) is 0.717. The van der Waals surface area contributed by atoms with Crippen molar-refractivity contribution >= 4 is 34.0 Å². The average Bonchev–Trinajstić information content (AvgIpc) is 2.60. The second-order valence-corrected chi connectivity index (χ2v) is 8.80. The summed E-state index contributed by atoms with van der Waals surface area (Å²) < 4.78 is 12.0. The monoisotopic (exact) mass is 394 g/mol. The fourth-order valence-electron chi connectivity index (χ4n) is 3.92. The molecule has 0 amide bonds. The van der Waals surface area contributed by atoms with Gasteiger partial charge in [-0.05, 0) is 36.8 Å². The third kappa shape index (κ3) is 3.61. The van der Waals surface area contributed by atoms with E-state index >= 15 is 0 Å². The Hall–Kier alpha value is -1.20. The highest BCUT2D eigenvalue weighted by atomic mass is 35.5. The lowest BCUT2D eigenvalue weighted by molar-refractivity contribution is 0.0942. The molecular formula is C20H24Cl2N2O2. The van der Waals surface area contributed by atoms with Crippen LogP contribution in [0.1, 0.15) is 25.0 Å². The number of nitrogens with zero attached hydrogens (tertiary/aromatic N) is 2. The Bertz CT molecular complexity index is 747. The largest absolute Gasteiger partial charge is 0.478 e. The summed E-state index contributed by atoms with van der Waals surface area (Å²) in [7, 11) is 0. The topological polar surface area (TPSA) is 24.9 Å². The van der Waals surface area contributed by atoms with Gasteiger partial charge >= 0.3 is 0 Å². The molecule has 0 N–H and O–H groups in total. The van der Waals surface area contributed by atoms with Crippen LogP contribution in [0.5, 0.6) is 11.5 Å². The molecular weight excluding hydrogens is 371 g/mol. The van der Waals surface area contributed by atoms with Crippen molar-refractivity contribution in [1.82, 2.24) is 9.80 Å². The lowest BCUT2D eigenvalue weighted by Gasteiger charge is -2.34. The van der Waals surface area contributed by atoms with E-state index in [1.165, 1.54) is 21.9 Å². The zero-order valence-corrected chi connectivity index (χ0v) is 16.7. The van der Waals surface area contributed by atoms with Gasteiger partial charge in [0, 0.05) is 48.1 Å². The van der Waals surface area contributed by atoms with E-state index in [1.807, 2.05) is 13.8 Å². The molecule has 0 saturated heterocycles. The molecule has 2 aromatic carbocycles. The van der Waals surface area contributed by atoms with Gasteiger partial charge in [0.25, 0.3) is 0 Å². The first kappa shape index (κ1) is 18.2. The van der Waals surface area contributed by atoms with Crippen molar-refractivity contribution in [2.75, 3.05) is 26.6 Å². The predicted molar refractivity (Wildman–Crippen MR) is 106 cm³/mol. The summed E-state index contributed by atoms with van der Waals surface area (Å²) in [5, 5.41) is 2.65. The van der Waals surface area contributed by atoms with Gasteiger partial charge in [-0.3, -0.25) is 9.80 Å². The third-order valence-corrected chi connectivity index (χ3v) is 5.18. The maximum Gasteiger partial charge on any atom is 0.142 e. The first-order valence-corrected chi connectivity index (χ1v) is 9.94. The fraction of sp³-hybridized carbons (Fsp3) is 0.500. The summed E-state index contributed by atoms with van der Waals surface area (Å²) in [6.45, 7) is 8.48. The molecule has 0 fully saturated rings. The summed E-state index contributed by atoms with van der Waals surface area (Å²) in [5.74, 6) is 1.93. The molecule has 2 atom stereocenters. The molecule has 0 bridgehead atoms. The zero-order chi connectivity index (χ0) is 18.3. The molecule has 4 nitrogen and oxygen atoms in total. The number of halogens is 2. The molecule has 2 heterocycles. The van der Waals surface area contributed by atoms with Crippen LogP contribution in [0.2, 0.25) is 0 Å². The Labute approximate surface area is 164 Å². The molecule has 0 aliphatic carbocycles. The van der Waals surface area contributed by atoms with Crippen molar-refractivity contribution < 1.29 is 9.47 Å². The second kappa shape index (κ2) is 7.43. The summed E-state index contributed by atoms with van der Waals surface area (Å²) >= 11 is 12.4. The van der Waals surface area contributed by atoms with Gasteiger partial charge in [0.15, 0.2) is 0 Å². The maximum absolute atomic E-state index is 6.20. The maximum atomic E-state index is 6.20. The average molecular weight is 395 g/mol. The number of ether oxygens (including phenoxy) is 2. The van der Waals surface area contributed by atoms with Gasteiger partial charge in [-0.1, -0.05) is 12.1 Å². The number of hydrogen-bond donors (Lipinski definition) is 0. The minimum absolute atomic E-state index is 0.0908. The Morgan fingerprint density at radius 1 is 0.846 bits per heavy atom. The summed E-state index contributed by atoms with van der Waals surface area (Å²) in [6.07, 6.45) is 0. The van der Waals surface area contributed by atoms with Crippen LogP contribution in [0.4, 0.5) is 0 Å². The number of rotatable bonds is 4. The van der Waals surface area contributed by atoms with E-state index in [4.69, 9.17) is 32.7 Å². The molecule has 140 valence electrons. The lowest BCUT2D eigenvalue weighted by Crippen LogP contribution is -2.37. The van der Waals surface area contributed by atoms with Gasteiger partial charge < -0.3 is 9.47 Å². The molecule has 2 aliphatic heterocycles. The van der Waals surface area contributed by atoms with E-state index in [2.05, 4.69) is 34.1 Å². The highest BCUT2D eigenvalue weighted by molar-refractivity contribution is 6.20. The number of fused-ring (bicyclic) bond motifs is 5. The van der Waals surface area contributed by atoms with Gasteiger partial charge in [-0.15, -0.1) is 23.2 Å². The van der Waals surface area contributed by atoms with Crippen LogP contribution < -0.4 is 9.47 Å². The van der Waals surface area contributed by atoms with E-state index in [0.717, 1.165) is 37.7 Å². The van der Waals surface area contributed by atoms with Crippen LogP contribution in [0.3, 0.4) is 0 Å². The summed E-state index contributed by atoms with van der Waals surface area (Å²) in [5.41, 5.74) is 2.46. The van der Waals surface area contributed by atoms with Gasteiger partial charge in [0.2, 0.25) is 0 Å². The van der Waals surface area contributed by atoms with Crippen molar-refractivity contribution in [2.24, 2.45) is 0 Å². The van der Waals surface area contributed by atoms with Crippen molar-refractivity contribution in [3.05, 3.63) is 35.4 Å². The van der Waals surface area contributed by atoms with E-state index in [-0.39, 0.29) is 10.8 Å². The van der Waals surface area contributed by atoms with Crippen LogP contribution in [0.15, 0.2) is 24.3 Å². The van der Waals surface area contributed by atoms with E-state index in [1.54, 1.807) is 0 Å². The van der Waals surface area contributed by atoms with Crippen LogP contribution in [0, 0.1) is 0 Å². The minimum atomic E-state index is 0.0908. The van der Waals surface area contributed by atoms with Crippen molar-refractivity contribution in [1.29, 1.82) is 0 Å². The molecule has 0 saturated carbocycles. The van der Waals surface area contributed by atoms with Crippen molar-refractivity contribution in [3.63, 3.8) is 0 Å². The highest BCUT2D eigenvalue weighted by Gasteiger charge is 2.26. The Morgan fingerprint density at radius 3 is 1.73 bits per heavy atom. The van der Waals surface area contributed by atoms with E-state index in [9.17, 15) is 0 Å². The summed E-state index contributed by atoms with van der Waals surface area (Å²) in [4.78, 5) is 4.50. The van der Waals surface area contributed by atoms with Gasteiger partial charge in [-0.25, -0.2) is 0 Å². The molecule has 2 aromatic rings. The van der Waals surface area contributed by atoms with Gasteiger partial charge in [0.05, 0.1) is 0 Å². The normalized spacial score (nSPS) is 20.0. The van der Waals surface area contributed by atoms with Crippen molar-refractivity contribution in [2.45, 2.75) is 37.7 Å². The molecule has 4 rings (SSSR count). The fourth-order valence-corrected chi connectivity index (χ4v) is 4.31. The molecule has 26 heavy (non-hydrogen) atoms. The van der Waals surface area contributed by atoms with Crippen LogP contribution >= 0.6 is 23.2 Å². The predicted octanol–water partition coefficient (Wildman–Crippen LogP) is 4.40. The molecule has 0 aromatic heterocycles. The third-order valence-electron chi connectivity index (χ3n) is 4.90. The molecule has 0 radical (unpaired) electrons. The molecule has 2 aliphatic rings. The number of hydrogen-bond acceptors (Lipinski definition) is 4. The van der Waals surface area contributed by atoms with Crippen LogP contribution in [0.25, 0.3) is 10.8 Å². The van der Waals surface area contributed by atoms with E-state index in [0.29, 0.717) is 13.5 Å². The van der Waals surface area contributed by atoms with Crippen LogP contribution in [-0.4, -0.2) is 47.1 Å². The Balaban J connectivity index is 1.76. The van der Waals surface area contributed by atoms with Crippen LogP contribution in [-0.2, 0) is 13.1 Å². The molecule has 0 spiro atoms.